The van der Waals surface area contributed by atoms with Crippen LogP contribution < -0.4 is 10.6 Å². The standard InChI is InChI=1S/C25H25N3O6S/c1-33-11-10-20(24(30)31)28-23(29)21-12-26-22(35-21)13-27-25(32)34-14-19-17-8-4-2-6-15(17)16-7-3-5-9-18(16)19/h2-9,12,19-20H,10-11,13-14H2,1H3,(H,27,32)(H,28,29)(H,30,31). The molecule has 1 atom stereocenters. The van der Waals surface area contributed by atoms with Gasteiger partial charge in [-0.25, -0.2) is 14.6 Å². The molecule has 182 valence electrons. The summed E-state index contributed by atoms with van der Waals surface area (Å²) in [6, 6.07) is 15.1. The Morgan fingerprint density at radius 1 is 1.09 bits per heavy atom. The summed E-state index contributed by atoms with van der Waals surface area (Å²) in [5.74, 6) is -1.72. The molecule has 2 amide bonds. The second kappa shape index (κ2) is 11.1. The molecule has 0 saturated carbocycles. The average Bonchev–Trinajstić information content (AvgIpc) is 3.47. The molecule has 3 aromatic rings. The summed E-state index contributed by atoms with van der Waals surface area (Å²) in [5, 5.41) is 14.8. The van der Waals surface area contributed by atoms with Crippen molar-refractivity contribution in [3.8, 4) is 11.1 Å². The number of aromatic nitrogens is 1. The molecule has 10 heteroatoms. The number of carbonyl (C=O) groups excluding carboxylic acids is 2. The van der Waals surface area contributed by atoms with Gasteiger partial charge in [0.05, 0.1) is 12.7 Å². The monoisotopic (exact) mass is 495 g/mol. The van der Waals surface area contributed by atoms with Gasteiger partial charge in [0.2, 0.25) is 0 Å². The summed E-state index contributed by atoms with van der Waals surface area (Å²) in [7, 11) is 1.46. The number of carboxylic acids is 1. The van der Waals surface area contributed by atoms with Crippen LogP contribution >= 0.6 is 11.3 Å². The van der Waals surface area contributed by atoms with Gasteiger partial charge in [0.1, 0.15) is 22.5 Å². The summed E-state index contributed by atoms with van der Waals surface area (Å²) in [5.41, 5.74) is 4.56. The van der Waals surface area contributed by atoms with Gasteiger partial charge in [0.25, 0.3) is 5.91 Å². The number of ether oxygens (including phenoxy) is 2. The molecule has 4 rings (SSSR count). The van der Waals surface area contributed by atoms with Crippen LogP contribution in [0.5, 0.6) is 0 Å². The molecule has 1 aromatic heterocycles. The van der Waals surface area contributed by atoms with Crippen LogP contribution in [0.15, 0.2) is 54.7 Å². The first kappa shape index (κ1) is 24.4. The molecule has 1 unspecified atom stereocenters. The number of methoxy groups -OCH3 is 1. The van der Waals surface area contributed by atoms with Crippen LogP contribution in [0.1, 0.15) is 38.1 Å². The smallest absolute Gasteiger partial charge is 0.407 e. The van der Waals surface area contributed by atoms with Crippen LogP contribution in [0.2, 0.25) is 0 Å². The van der Waals surface area contributed by atoms with Gasteiger partial charge in [0, 0.05) is 26.1 Å². The van der Waals surface area contributed by atoms with Crippen LogP contribution in [-0.2, 0) is 20.8 Å². The van der Waals surface area contributed by atoms with Crippen molar-refractivity contribution < 1.29 is 29.0 Å². The lowest BCUT2D eigenvalue weighted by Gasteiger charge is -2.14. The van der Waals surface area contributed by atoms with E-state index < -0.39 is 24.0 Å². The lowest BCUT2D eigenvalue weighted by molar-refractivity contribution is -0.139. The van der Waals surface area contributed by atoms with Crippen LogP contribution in [0.4, 0.5) is 4.79 Å². The third-order valence-corrected chi connectivity index (χ3v) is 6.72. The highest BCUT2D eigenvalue weighted by molar-refractivity contribution is 7.13. The normalized spacial score (nSPS) is 12.9. The Balaban J connectivity index is 1.29. The minimum absolute atomic E-state index is 0.0383. The van der Waals surface area contributed by atoms with E-state index in [-0.39, 0.29) is 37.0 Å². The molecule has 35 heavy (non-hydrogen) atoms. The molecule has 1 heterocycles. The van der Waals surface area contributed by atoms with Gasteiger partial charge < -0.3 is 25.2 Å². The molecule has 1 aliphatic rings. The van der Waals surface area contributed by atoms with E-state index in [1.165, 1.54) is 13.3 Å². The van der Waals surface area contributed by atoms with Gasteiger partial charge in [-0.3, -0.25) is 4.79 Å². The number of amides is 2. The molecule has 0 saturated heterocycles. The number of alkyl carbamates (subject to hydrolysis) is 1. The van der Waals surface area contributed by atoms with Gasteiger partial charge in [0.15, 0.2) is 0 Å². The van der Waals surface area contributed by atoms with Gasteiger partial charge in [-0.05, 0) is 22.3 Å². The Kier molecular flexibility index (Phi) is 7.74. The van der Waals surface area contributed by atoms with Gasteiger partial charge in [-0.1, -0.05) is 48.5 Å². The van der Waals surface area contributed by atoms with Crippen molar-refractivity contribution >= 4 is 29.3 Å². The van der Waals surface area contributed by atoms with Crippen molar-refractivity contribution in [1.82, 2.24) is 15.6 Å². The van der Waals surface area contributed by atoms with Gasteiger partial charge in [-0.15, -0.1) is 11.3 Å². The molecule has 3 N–H and O–H groups in total. The van der Waals surface area contributed by atoms with Crippen molar-refractivity contribution in [3.63, 3.8) is 0 Å². The minimum atomic E-state index is -1.14. The average molecular weight is 496 g/mol. The number of hydrogen-bond acceptors (Lipinski definition) is 7. The van der Waals surface area contributed by atoms with E-state index in [0.717, 1.165) is 33.6 Å². The van der Waals surface area contributed by atoms with Crippen LogP contribution in [0.3, 0.4) is 0 Å². The van der Waals surface area contributed by atoms with Crippen LogP contribution in [0.25, 0.3) is 11.1 Å². The van der Waals surface area contributed by atoms with Crippen molar-refractivity contribution in [1.29, 1.82) is 0 Å². The van der Waals surface area contributed by atoms with E-state index in [4.69, 9.17) is 9.47 Å². The van der Waals surface area contributed by atoms with E-state index in [9.17, 15) is 19.5 Å². The fourth-order valence-electron chi connectivity index (χ4n) is 4.02. The number of nitrogens with zero attached hydrogens (tertiary/aromatic N) is 1. The summed E-state index contributed by atoms with van der Waals surface area (Å²) < 4.78 is 10.4. The first-order valence-electron chi connectivity index (χ1n) is 11.0. The predicted octanol–water partition coefficient (Wildman–Crippen LogP) is 3.40. The minimum Gasteiger partial charge on any atom is -0.480 e. The number of rotatable bonds is 10. The van der Waals surface area contributed by atoms with Crippen molar-refractivity contribution in [2.24, 2.45) is 0 Å². The number of benzene rings is 2. The summed E-state index contributed by atoms with van der Waals surface area (Å²) in [4.78, 5) is 40.4. The molecule has 0 bridgehead atoms. The fraction of sp³-hybridized carbons (Fsp3) is 0.280. The van der Waals surface area contributed by atoms with Crippen molar-refractivity contribution in [2.75, 3.05) is 20.3 Å². The Morgan fingerprint density at radius 3 is 2.37 bits per heavy atom. The first-order valence-corrected chi connectivity index (χ1v) is 11.9. The number of nitrogens with one attached hydrogen (secondary N) is 2. The molecule has 9 nitrogen and oxygen atoms in total. The SMILES string of the molecule is COCCC(NC(=O)c1cnc(CNC(=O)OCC2c3ccccc3-c3ccccc32)s1)C(=O)O. The third-order valence-electron chi connectivity index (χ3n) is 5.72. The zero-order valence-corrected chi connectivity index (χ0v) is 19.8. The number of aliphatic carboxylic acids is 1. The molecule has 1 aliphatic carbocycles. The zero-order valence-electron chi connectivity index (χ0n) is 19.0. The Labute approximate surface area is 206 Å². The molecular weight excluding hydrogens is 470 g/mol. The van der Waals surface area contributed by atoms with Gasteiger partial charge >= 0.3 is 12.1 Å². The lowest BCUT2D eigenvalue weighted by atomic mass is 9.98. The molecule has 2 aromatic carbocycles. The fourth-order valence-corrected chi connectivity index (χ4v) is 4.78. The maximum atomic E-state index is 12.4. The Bertz CT molecular complexity index is 1180. The van der Waals surface area contributed by atoms with E-state index in [1.54, 1.807) is 0 Å². The highest BCUT2D eigenvalue weighted by Crippen LogP contribution is 2.44. The van der Waals surface area contributed by atoms with Crippen LogP contribution in [-0.4, -0.2) is 54.4 Å². The largest absolute Gasteiger partial charge is 0.480 e. The van der Waals surface area contributed by atoms with Gasteiger partial charge in [-0.2, -0.15) is 0 Å². The summed E-state index contributed by atoms with van der Waals surface area (Å²) >= 11 is 1.07. The number of carbonyl (C=O) groups is 3. The topological polar surface area (TPSA) is 127 Å². The number of hydrogen-bond donors (Lipinski definition) is 3. The molecular formula is C25H25N3O6S. The number of thiazole rings is 1. The predicted molar refractivity (Wildman–Crippen MR) is 129 cm³/mol. The highest BCUT2D eigenvalue weighted by Gasteiger charge is 2.29. The van der Waals surface area contributed by atoms with Crippen molar-refractivity contribution in [2.45, 2.75) is 24.9 Å². The van der Waals surface area contributed by atoms with Crippen molar-refractivity contribution in [3.05, 3.63) is 75.7 Å². The second-order valence-corrected chi connectivity index (χ2v) is 9.06. The maximum absolute atomic E-state index is 12.4. The Hall–Kier alpha value is -3.76. The quantitative estimate of drug-likeness (QED) is 0.393. The second-order valence-electron chi connectivity index (χ2n) is 7.94. The van der Waals surface area contributed by atoms with Crippen LogP contribution in [0, 0.1) is 0 Å². The molecule has 0 radical (unpaired) electrons. The number of carboxylic acid groups (broad SMARTS) is 1. The van der Waals surface area contributed by atoms with E-state index in [1.807, 2.05) is 36.4 Å². The van der Waals surface area contributed by atoms with E-state index in [0.29, 0.717) is 5.01 Å². The summed E-state index contributed by atoms with van der Waals surface area (Å²) in [6.45, 7) is 0.485. The Morgan fingerprint density at radius 2 is 1.74 bits per heavy atom. The summed E-state index contributed by atoms with van der Waals surface area (Å²) in [6.07, 6.45) is 0.912. The molecule has 0 aliphatic heterocycles. The van der Waals surface area contributed by atoms with E-state index >= 15 is 0 Å². The first-order chi connectivity index (χ1) is 17.0. The lowest BCUT2D eigenvalue weighted by Crippen LogP contribution is -2.41. The third kappa shape index (κ3) is 5.67. The van der Waals surface area contributed by atoms with E-state index in [2.05, 4.69) is 27.8 Å². The highest BCUT2D eigenvalue weighted by atomic mass is 32.1. The molecule has 0 fully saturated rings. The molecule has 0 spiro atoms. The number of fused-ring (bicyclic) bond motifs is 3. The maximum Gasteiger partial charge on any atom is 0.407 e. The zero-order chi connectivity index (χ0) is 24.8.